The van der Waals surface area contributed by atoms with Gasteiger partial charge < -0.3 is 9.64 Å². The fourth-order valence-electron chi connectivity index (χ4n) is 3.72. The van der Waals surface area contributed by atoms with E-state index in [9.17, 15) is 4.79 Å². The van der Waals surface area contributed by atoms with Gasteiger partial charge in [0.15, 0.2) is 0 Å². The highest BCUT2D eigenvalue weighted by atomic mass is 16.5. The summed E-state index contributed by atoms with van der Waals surface area (Å²) in [6.07, 6.45) is 6.97. The van der Waals surface area contributed by atoms with E-state index in [4.69, 9.17) is 4.74 Å². The Bertz CT molecular complexity index is 520. The molecule has 0 unspecified atom stereocenters. The number of ether oxygens (including phenoxy) is 1. The molecule has 0 aromatic carbocycles. The molecule has 0 saturated carbocycles. The van der Waals surface area contributed by atoms with Crippen LogP contribution in [0.4, 0.5) is 0 Å². The van der Waals surface area contributed by atoms with Crippen molar-refractivity contribution in [2.75, 3.05) is 39.9 Å². The highest BCUT2D eigenvalue weighted by molar-refractivity contribution is 5.79. The molecule has 1 aromatic heterocycles. The molecule has 0 atom stereocenters. The van der Waals surface area contributed by atoms with Gasteiger partial charge in [0.1, 0.15) is 0 Å². The summed E-state index contributed by atoms with van der Waals surface area (Å²) in [6, 6.07) is 0. The minimum atomic E-state index is 0.205. The third kappa shape index (κ3) is 3.33. The molecular formula is C16H26N4O2. The molecule has 1 aromatic rings. The number of rotatable bonds is 5. The van der Waals surface area contributed by atoms with Crippen LogP contribution >= 0.6 is 0 Å². The quantitative estimate of drug-likeness (QED) is 0.810. The number of aromatic nitrogens is 2. The predicted molar refractivity (Wildman–Crippen MR) is 83.2 cm³/mol. The third-order valence-electron chi connectivity index (χ3n) is 5.05. The maximum Gasteiger partial charge on any atom is 0.223 e. The highest BCUT2D eigenvalue weighted by Crippen LogP contribution is 2.41. The van der Waals surface area contributed by atoms with Gasteiger partial charge in [0.2, 0.25) is 5.91 Å². The van der Waals surface area contributed by atoms with Gasteiger partial charge in [-0.15, -0.1) is 0 Å². The van der Waals surface area contributed by atoms with Crippen LogP contribution in [-0.2, 0) is 23.1 Å². The summed E-state index contributed by atoms with van der Waals surface area (Å²) >= 11 is 0. The second-order valence-electron chi connectivity index (χ2n) is 6.78. The van der Waals surface area contributed by atoms with Crippen molar-refractivity contribution in [1.82, 2.24) is 19.6 Å². The summed E-state index contributed by atoms with van der Waals surface area (Å²) in [4.78, 5) is 16.6. The molecule has 2 saturated heterocycles. The molecule has 122 valence electrons. The first-order chi connectivity index (χ1) is 10.6. The summed E-state index contributed by atoms with van der Waals surface area (Å²) in [6.45, 7) is 5.38. The summed E-state index contributed by atoms with van der Waals surface area (Å²) in [5.74, 6) is 0.303. The van der Waals surface area contributed by atoms with E-state index < -0.39 is 0 Å². The maximum absolute atomic E-state index is 12.2. The molecule has 2 fully saturated rings. The van der Waals surface area contributed by atoms with Gasteiger partial charge in [-0.2, -0.15) is 5.10 Å². The average molecular weight is 306 g/mol. The lowest BCUT2D eigenvalue weighted by Gasteiger charge is -2.38. The van der Waals surface area contributed by atoms with Gasteiger partial charge in [-0.05, 0) is 31.3 Å². The van der Waals surface area contributed by atoms with Crippen LogP contribution in [0.3, 0.4) is 0 Å². The Kier molecular flexibility index (Phi) is 4.49. The van der Waals surface area contributed by atoms with E-state index in [2.05, 4.69) is 16.2 Å². The minimum absolute atomic E-state index is 0.205. The molecule has 1 amide bonds. The topological polar surface area (TPSA) is 50.6 Å². The van der Waals surface area contributed by atoms with Crippen molar-refractivity contribution in [3.8, 4) is 0 Å². The number of amides is 1. The van der Waals surface area contributed by atoms with Crippen LogP contribution in [0.1, 0.15) is 24.8 Å². The minimum Gasteiger partial charge on any atom is -0.383 e. The van der Waals surface area contributed by atoms with Crippen molar-refractivity contribution in [2.45, 2.75) is 25.8 Å². The summed E-state index contributed by atoms with van der Waals surface area (Å²) in [5.41, 5.74) is 1.47. The zero-order chi connectivity index (χ0) is 15.6. The molecule has 0 N–H and O–H groups in total. The van der Waals surface area contributed by atoms with Crippen molar-refractivity contribution in [3.63, 3.8) is 0 Å². The lowest BCUT2D eigenvalue weighted by Crippen LogP contribution is -2.41. The van der Waals surface area contributed by atoms with Crippen molar-refractivity contribution >= 4 is 5.91 Å². The van der Waals surface area contributed by atoms with E-state index in [0.717, 1.165) is 52.0 Å². The lowest BCUT2D eigenvalue weighted by atomic mass is 9.77. The van der Waals surface area contributed by atoms with E-state index in [0.29, 0.717) is 12.5 Å². The van der Waals surface area contributed by atoms with E-state index in [-0.39, 0.29) is 5.41 Å². The molecule has 22 heavy (non-hydrogen) atoms. The molecule has 3 rings (SSSR count). The van der Waals surface area contributed by atoms with Gasteiger partial charge in [-0.25, -0.2) is 0 Å². The SMILES string of the molecule is COCCN1CC2(CCN(Cc3cnn(C)c3)CC2)CC1=O. The Morgan fingerprint density at radius 3 is 2.77 bits per heavy atom. The normalized spacial score (nSPS) is 21.9. The van der Waals surface area contributed by atoms with Crippen LogP contribution in [0.25, 0.3) is 0 Å². The van der Waals surface area contributed by atoms with E-state index in [1.54, 1.807) is 7.11 Å². The first kappa shape index (κ1) is 15.5. The maximum atomic E-state index is 12.2. The Labute approximate surface area is 132 Å². The number of carbonyl (C=O) groups excluding carboxylic acids is 1. The number of hydrogen-bond acceptors (Lipinski definition) is 4. The van der Waals surface area contributed by atoms with E-state index in [1.807, 2.05) is 22.8 Å². The van der Waals surface area contributed by atoms with Gasteiger partial charge in [-0.3, -0.25) is 14.4 Å². The number of piperidine rings is 1. The molecule has 3 heterocycles. The Balaban J connectivity index is 1.52. The number of hydrogen-bond donors (Lipinski definition) is 0. The summed E-state index contributed by atoms with van der Waals surface area (Å²) in [5, 5.41) is 4.23. The lowest BCUT2D eigenvalue weighted by molar-refractivity contribution is -0.128. The first-order valence-electron chi connectivity index (χ1n) is 8.07. The fourth-order valence-corrected chi connectivity index (χ4v) is 3.72. The Morgan fingerprint density at radius 2 is 2.14 bits per heavy atom. The Hall–Kier alpha value is -1.40. The molecule has 6 nitrogen and oxygen atoms in total. The largest absolute Gasteiger partial charge is 0.383 e. The molecule has 0 aliphatic carbocycles. The smallest absolute Gasteiger partial charge is 0.223 e. The number of carbonyl (C=O) groups is 1. The fraction of sp³-hybridized carbons (Fsp3) is 0.750. The van der Waals surface area contributed by atoms with Crippen molar-refractivity contribution in [1.29, 1.82) is 0 Å². The zero-order valence-corrected chi connectivity index (χ0v) is 13.6. The van der Waals surface area contributed by atoms with Crippen LogP contribution in [0.5, 0.6) is 0 Å². The van der Waals surface area contributed by atoms with Crippen LogP contribution < -0.4 is 0 Å². The molecule has 0 radical (unpaired) electrons. The Morgan fingerprint density at radius 1 is 1.36 bits per heavy atom. The van der Waals surface area contributed by atoms with Gasteiger partial charge in [0.25, 0.3) is 0 Å². The highest BCUT2D eigenvalue weighted by Gasteiger charge is 2.44. The van der Waals surface area contributed by atoms with Crippen molar-refractivity contribution in [2.24, 2.45) is 12.5 Å². The van der Waals surface area contributed by atoms with Gasteiger partial charge in [0.05, 0.1) is 12.8 Å². The first-order valence-corrected chi connectivity index (χ1v) is 8.07. The van der Waals surface area contributed by atoms with E-state index in [1.165, 1.54) is 5.56 Å². The summed E-state index contributed by atoms with van der Waals surface area (Å²) < 4.78 is 6.95. The number of nitrogens with zero attached hydrogens (tertiary/aromatic N) is 4. The zero-order valence-electron chi connectivity index (χ0n) is 13.6. The second-order valence-corrected chi connectivity index (χ2v) is 6.78. The molecule has 6 heteroatoms. The van der Waals surface area contributed by atoms with Crippen molar-refractivity contribution < 1.29 is 9.53 Å². The van der Waals surface area contributed by atoms with E-state index >= 15 is 0 Å². The van der Waals surface area contributed by atoms with Crippen LogP contribution in [0, 0.1) is 5.41 Å². The van der Waals surface area contributed by atoms with Gasteiger partial charge in [0, 0.05) is 52.0 Å². The molecule has 2 aliphatic heterocycles. The standard InChI is InChI=1S/C16H26N4O2/c1-18-11-14(10-17-18)12-19-5-3-16(4-6-19)9-15(21)20(13-16)7-8-22-2/h10-11H,3-9,12-13H2,1-2H3. The molecular weight excluding hydrogens is 280 g/mol. The number of likely N-dealkylation sites (tertiary alicyclic amines) is 2. The molecule has 2 aliphatic rings. The summed E-state index contributed by atoms with van der Waals surface area (Å²) in [7, 11) is 3.64. The van der Waals surface area contributed by atoms with Crippen molar-refractivity contribution in [3.05, 3.63) is 18.0 Å². The molecule has 0 bridgehead atoms. The van der Waals surface area contributed by atoms with Gasteiger partial charge >= 0.3 is 0 Å². The average Bonchev–Trinajstić information content (AvgIpc) is 3.04. The third-order valence-corrected chi connectivity index (χ3v) is 5.05. The van der Waals surface area contributed by atoms with Crippen LogP contribution in [0.2, 0.25) is 0 Å². The number of aryl methyl sites for hydroxylation is 1. The number of methoxy groups -OCH3 is 1. The van der Waals surface area contributed by atoms with Crippen LogP contribution in [-0.4, -0.2) is 65.4 Å². The van der Waals surface area contributed by atoms with Crippen LogP contribution in [0.15, 0.2) is 12.4 Å². The molecule has 1 spiro atoms. The monoisotopic (exact) mass is 306 g/mol. The van der Waals surface area contributed by atoms with Gasteiger partial charge in [-0.1, -0.05) is 0 Å². The predicted octanol–water partition coefficient (Wildman–Crippen LogP) is 0.881. The second kappa shape index (κ2) is 6.38.